The van der Waals surface area contributed by atoms with Crippen LogP contribution in [0.1, 0.15) is 47.0 Å². The third-order valence-corrected chi connectivity index (χ3v) is 4.46. The first-order chi connectivity index (χ1) is 8.98. The van der Waals surface area contributed by atoms with Crippen molar-refractivity contribution in [1.82, 2.24) is 15.1 Å². The fraction of sp³-hybridized carbons (Fsp3) is 1.00. The van der Waals surface area contributed by atoms with Gasteiger partial charge in [0.05, 0.1) is 0 Å². The molecule has 112 valence electrons. The topological polar surface area (TPSA) is 18.5 Å². The summed E-state index contributed by atoms with van der Waals surface area (Å²) in [5, 5.41) is 3.65. The van der Waals surface area contributed by atoms with Crippen molar-refractivity contribution in [2.45, 2.75) is 58.5 Å². The summed E-state index contributed by atoms with van der Waals surface area (Å²) in [7, 11) is 0. The molecule has 1 unspecified atom stereocenters. The smallest absolute Gasteiger partial charge is 0.0112 e. The van der Waals surface area contributed by atoms with E-state index in [-0.39, 0.29) is 5.54 Å². The third-order valence-electron chi connectivity index (χ3n) is 4.46. The van der Waals surface area contributed by atoms with Crippen molar-refractivity contribution in [3.05, 3.63) is 0 Å². The molecule has 0 aromatic heterocycles. The van der Waals surface area contributed by atoms with Crippen LogP contribution in [-0.4, -0.2) is 60.6 Å². The van der Waals surface area contributed by atoms with E-state index in [1.54, 1.807) is 0 Å². The number of rotatable bonds is 7. The molecule has 2 aliphatic rings. The maximum absolute atomic E-state index is 3.65. The highest BCUT2D eigenvalue weighted by molar-refractivity contribution is 4.85. The minimum atomic E-state index is 0.262. The number of hydrogen-bond donors (Lipinski definition) is 1. The van der Waals surface area contributed by atoms with Crippen molar-refractivity contribution in [2.24, 2.45) is 5.92 Å². The fourth-order valence-corrected chi connectivity index (χ4v) is 3.04. The molecule has 0 aromatic carbocycles. The Hall–Kier alpha value is -0.120. The van der Waals surface area contributed by atoms with E-state index in [1.807, 2.05) is 0 Å². The molecule has 1 aliphatic heterocycles. The van der Waals surface area contributed by atoms with Gasteiger partial charge in [0.25, 0.3) is 0 Å². The van der Waals surface area contributed by atoms with Crippen LogP contribution >= 0.6 is 0 Å². The van der Waals surface area contributed by atoms with Crippen LogP contribution in [0, 0.1) is 5.92 Å². The first-order valence-corrected chi connectivity index (χ1v) is 8.19. The van der Waals surface area contributed by atoms with Crippen molar-refractivity contribution < 1.29 is 0 Å². The first kappa shape index (κ1) is 15.3. The lowest BCUT2D eigenvalue weighted by Crippen LogP contribution is -2.40. The quantitative estimate of drug-likeness (QED) is 0.763. The minimum Gasteiger partial charge on any atom is -0.312 e. The van der Waals surface area contributed by atoms with E-state index in [1.165, 1.54) is 58.5 Å². The van der Waals surface area contributed by atoms with Crippen molar-refractivity contribution in [2.75, 3.05) is 39.3 Å². The van der Waals surface area contributed by atoms with Crippen LogP contribution < -0.4 is 5.32 Å². The van der Waals surface area contributed by atoms with Gasteiger partial charge in [-0.25, -0.2) is 0 Å². The Morgan fingerprint density at radius 1 is 1.21 bits per heavy atom. The third kappa shape index (κ3) is 5.41. The normalized spacial score (nSPS) is 25.4. The monoisotopic (exact) mass is 267 g/mol. The van der Waals surface area contributed by atoms with Gasteiger partial charge in [0.2, 0.25) is 0 Å². The van der Waals surface area contributed by atoms with Crippen molar-refractivity contribution >= 4 is 0 Å². The van der Waals surface area contributed by atoms with E-state index in [4.69, 9.17) is 0 Å². The molecule has 1 saturated carbocycles. The number of nitrogens with zero attached hydrogens (tertiary/aromatic N) is 2. The molecule has 0 radical (unpaired) electrons. The average molecular weight is 267 g/mol. The molecule has 0 spiro atoms. The lowest BCUT2D eigenvalue weighted by atomic mass is 10.1. The highest BCUT2D eigenvalue weighted by atomic mass is 15.2. The van der Waals surface area contributed by atoms with Gasteiger partial charge in [-0.05, 0) is 65.6 Å². The molecular weight excluding hydrogens is 234 g/mol. The molecule has 1 heterocycles. The van der Waals surface area contributed by atoms with E-state index in [0.717, 1.165) is 12.0 Å². The molecule has 0 aromatic rings. The van der Waals surface area contributed by atoms with Crippen molar-refractivity contribution in [1.29, 1.82) is 0 Å². The summed E-state index contributed by atoms with van der Waals surface area (Å²) in [5.41, 5.74) is 0.262. The molecule has 1 saturated heterocycles. The zero-order valence-corrected chi connectivity index (χ0v) is 13.4. The second-order valence-electron chi connectivity index (χ2n) is 7.45. The van der Waals surface area contributed by atoms with Crippen LogP contribution in [0.3, 0.4) is 0 Å². The van der Waals surface area contributed by atoms with Crippen LogP contribution in [0.15, 0.2) is 0 Å². The molecule has 2 fully saturated rings. The van der Waals surface area contributed by atoms with E-state index in [0.29, 0.717) is 0 Å². The van der Waals surface area contributed by atoms with Gasteiger partial charge in [0.1, 0.15) is 0 Å². The predicted molar refractivity (Wildman–Crippen MR) is 82.6 cm³/mol. The van der Waals surface area contributed by atoms with Crippen LogP contribution in [0.2, 0.25) is 0 Å². The van der Waals surface area contributed by atoms with Crippen LogP contribution in [0.25, 0.3) is 0 Å². The predicted octanol–water partition coefficient (Wildman–Crippen LogP) is 2.18. The molecule has 1 N–H and O–H groups in total. The maximum Gasteiger partial charge on any atom is 0.0112 e. The van der Waals surface area contributed by atoms with Crippen LogP contribution in [0.4, 0.5) is 0 Å². The lowest BCUT2D eigenvalue weighted by molar-refractivity contribution is 0.221. The van der Waals surface area contributed by atoms with Gasteiger partial charge in [0.15, 0.2) is 0 Å². The lowest BCUT2D eigenvalue weighted by Gasteiger charge is -2.25. The van der Waals surface area contributed by atoms with E-state index < -0.39 is 0 Å². The second kappa shape index (κ2) is 6.55. The minimum absolute atomic E-state index is 0.262. The average Bonchev–Trinajstić information content (AvgIpc) is 3.06. The Morgan fingerprint density at radius 3 is 2.53 bits per heavy atom. The Labute approximate surface area is 119 Å². The van der Waals surface area contributed by atoms with E-state index in [9.17, 15) is 0 Å². The van der Waals surface area contributed by atoms with Gasteiger partial charge in [-0.3, -0.25) is 4.90 Å². The Bertz CT molecular complexity index is 268. The molecule has 0 amide bonds. The Balaban J connectivity index is 1.61. The SMILES string of the molecule is CCN(CCN1CCC(CNC(C)(C)C)C1)C1CC1. The van der Waals surface area contributed by atoms with Gasteiger partial charge >= 0.3 is 0 Å². The van der Waals surface area contributed by atoms with Crippen LogP contribution in [-0.2, 0) is 0 Å². The molecule has 19 heavy (non-hydrogen) atoms. The highest BCUT2D eigenvalue weighted by Crippen LogP contribution is 2.26. The van der Waals surface area contributed by atoms with E-state index in [2.05, 4.69) is 42.8 Å². The first-order valence-electron chi connectivity index (χ1n) is 8.19. The summed E-state index contributed by atoms with van der Waals surface area (Å²) < 4.78 is 0. The van der Waals surface area contributed by atoms with Gasteiger partial charge in [-0.2, -0.15) is 0 Å². The Kier molecular flexibility index (Phi) is 5.27. The number of likely N-dealkylation sites (tertiary alicyclic amines) is 1. The van der Waals surface area contributed by atoms with Crippen LogP contribution in [0.5, 0.6) is 0 Å². The summed E-state index contributed by atoms with van der Waals surface area (Å²) in [6.07, 6.45) is 4.25. The van der Waals surface area contributed by atoms with Gasteiger partial charge in [0, 0.05) is 31.2 Å². The highest BCUT2D eigenvalue weighted by Gasteiger charge is 2.29. The number of hydrogen-bond acceptors (Lipinski definition) is 3. The van der Waals surface area contributed by atoms with Crippen molar-refractivity contribution in [3.63, 3.8) is 0 Å². The summed E-state index contributed by atoms with van der Waals surface area (Å²) in [5.74, 6) is 0.857. The summed E-state index contributed by atoms with van der Waals surface area (Å²) in [6.45, 7) is 16.6. The molecule has 3 nitrogen and oxygen atoms in total. The molecule has 3 heteroatoms. The standard InChI is InChI=1S/C16H33N3/c1-5-19(15-6-7-15)11-10-18-9-8-14(13-18)12-17-16(2,3)4/h14-15,17H,5-13H2,1-4H3. The van der Waals surface area contributed by atoms with E-state index >= 15 is 0 Å². The Morgan fingerprint density at radius 2 is 1.95 bits per heavy atom. The molecule has 1 aliphatic carbocycles. The van der Waals surface area contributed by atoms with Crippen molar-refractivity contribution in [3.8, 4) is 0 Å². The fourth-order valence-electron chi connectivity index (χ4n) is 3.04. The van der Waals surface area contributed by atoms with Gasteiger partial charge in [-0.15, -0.1) is 0 Å². The zero-order valence-electron chi connectivity index (χ0n) is 13.4. The summed E-state index contributed by atoms with van der Waals surface area (Å²) in [4.78, 5) is 5.33. The van der Waals surface area contributed by atoms with Gasteiger partial charge < -0.3 is 10.2 Å². The van der Waals surface area contributed by atoms with Gasteiger partial charge in [-0.1, -0.05) is 6.92 Å². The number of nitrogens with one attached hydrogen (secondary N) is 1. The number of likely N-dealkylation sites (N-methyl/N-ethyl adjacent to an activating group) is 1. The molecule has 1 atom stereocenters. The zero-order chi connectivity index (χ0) is 13.9. The molecular formula is C16H33N3. The molecule has 2 rings (SSSR count). The largest absolute Gasteiger partial charge is 0.312 e. The summed E-state index contributed by atoms with van der Waals surface area (Å²) in [6, 6.07) is 0.922. The molecule has 0 bridgehead atoms. The second-order valence-corrected chi connectivity index (χ2v) is 7.45. The maximum atomic E-state index is 3.65. The summed E-state index contributed by atoms with van der Waals surface area (Å²) >= 11 is 0.